The van der Waals surface area contributed by atoms with E-state index in [4.69, 9.17) is 14.2 Å². The lowest BCUT2D eigenvalue weighted by molar-refractivity contribution is 0.102. The Morgan fingerprint density at radius 3 is 2.17 bits per heavy atom. The number of aryl methyl sites for hydroxylation is 1. The van der Waals surface area contributed by atoms with Gasteiger partial charge in [-0.15, -0.1) is 10.2 Å². The van der Waals surface area contributed by atoms with Crippen LogP contribution in [0.4, 0.5) is 16.0 Å². The Hall–Kier alpha value is -3.53. The van der Waals surface area contributed by atoms with Crippen molar-refractivity contribution in [3.63, 3.8) is 0 Å². The standard InChI is InChI=1S/C26H33N5O4S/c1-5-33-21-16-19(17-22(34-6-2)23(21)35-7-3)24(32)27-25-28-29-26(36-25)31-13-11-30(12-14-31)20-10-8-9-18(4)15-20/h8-10,15-17H,5-7,11-14H2,1-4H3,(H,27,28,32). The number of nitrogens with zero attached hydrogens (tertiary/aromatic N) is 4. The van der Waals surface area contributed by atoms with Gasteiger partial charge in [-0.25, -0.2) is 0 Å². The summed E-state index contributed by atoms with van der Waals surface area (Å²) in [6, 6.07) is 11.9. The molecule has 0 unspecified atom stereocenters. The molecule has 1 aliphatic heterocycles. The smallest absolute Gasteiger partial charge is 0.257 e. The van der Waals surface area contributed by atoms with Crippen LogP contribution in [-0.2, 0) is 0 Å². The fraction of sp³-hybridized carbons (Fsp3) is 0.423. The Balaban J connectivity index is 1.43. The topological polar surface area (TPSA) is 89.0 Å². The average molecular weight is 512 g/mol. The number of hydrogen-bond acceptors (Lipinski definition) is 9. The number of anilines is 3. The maximum Gasteiger partial charge on any atom is 0.257 e. The van der Waals surface area contributed by atoms with E-state index in [9.17, 15) is 4.79 Å². The average Bonchev–Trinajstić information content (AvgIpc) is 3.34. The zero-order valence-electron chi connectivity index (χ0n) is 21.2. The van der Waals surface area contributed by atoms with Crippen LogP contribution in [-0.4, -0.2) is 62.1 Å². The highest BCUT2D eigenvalue weighted by atomic mass is 32.1. The summed E-state index contributed by atoms with van der Waals surface area (Å²) in [7, 11) is 0. The van der Waals surface area contributed by atoms with E-state index < -0.39 is 0 Å². The van der Waals surface area contributed by atoms with Crippen molar-refractivity contribution < 1.29 is 19.0 Å². The monoisotopic (exact) mass is 511 g/mol. The van der Waals surface area contributed by atoms with Gasteiger partial charge in [0.05, 0.1) is 19.8 Å². The Bertz CT molecular complexity index is 1150. The molecule has 0 aliphatic carbocycles. The third-order valence-electron chi connectivity index (χ3n) is 5.72. The summed E-state index contributed by atoms with van der Waals surface area (Å²) in [4.78, 5) is 17.6. The van der Waals surface area contributed by atoms with Gasteiger partial charge in [0.1, 0.15) is 0 Å². The van der Waals surface area contributed by atoms with Crippen molar-refractivity contribution in [3.8, 4) is 17.2 Å². The van der Waals surface area contributed by atoms with Crippen LogP contribution in [0.15, 0.2) is 36.4 Å². The van der Waals surface area contributed by atoms with Gasteiger partial charge in [-0.1, -0.05) is 23.5 Å². The Kier molecular flexibility index (Phi) is 8.48. The quantitative estimate of drug-likeness (QED) is 0.422. The van der Waals surface area contributed by atoms with E-state index in [0.29, 0.717) is 47.8 Å². The van der Waals surface area contributed by atoms with Crippen LogP contribution in [0, 0.1) is 6.92 Å². The van der Waals surface area contributed by atoms with Crippen molar-refractivity contribution >= 4 is 33.2 Å². The molecule has 1 aromatic heterocycles. The van der Waals surface area contributed by atoms with Crippen LogP contribution in [0.2, 0.25) is 0 Å². The molecule has 2 aromatic carbocycles. The van der Waals surface area contributed by atoms with Gasteiger partial charge >= 0.3 is 0 Å². The zero-order valence-corrected chi connectivity index (χ0v) is 22.1. The summed E-state index contributed by atoms with van der Waals surface area (Å²) in [5.41, 5.74) is 2.90. The fourth-order valence-corrected chi connectivity index (χ4v) is 4.86. The van der Waals surface area contributed by atoms with Gasteiger partial charge in [0.15, 0.2) is 11.5 Å². The van der Waals surface area contributed by atoms with Crippen molar-refractivity contribution in [2.45, 2.75) is 27.7 Å². The van der Waals surface area contributed by atoms with Gasteiger partial charge in [-0.05, 0) is 57.5 Å². The highest BCUT2D eigenvalue weighted by Crippen LogP contribution is 2.39. The van der Waals surface area contributed by atoms with Crippen molar-refractivity contribution in [2.24, 2.45) is 0 Å². The number of benzene rings is 2. The lowest BCUT2D eigenvalue weighted by Crippen LogP contribution is -2.46. The Morgan fingerprint density at radius 1 is 0.917 bits per heavy atom. The van der Waals surface area contributed by atoms with E-state index in [1.54, 1.807) is 12.1 Å². The van der Waals surface area contributed by atoms with Crippen LogP contribution in [0.25, 0.3) is 0 Å². The molecule has 1 N–H and O–H groups in total. The summed E-state index contributed by atoms with van der Waals surface area (Å²) < 4.78 is 17.2. The largest absolute Gasteiger partial charge is 0.490 e. The van der Waals surface area contributed by atoms with Gasteiger partial charge in [0.2, 0.25) is 16.0 Å². The van der Waals surface area contributed by atoms with Crippen LogP contribution in [0.1, 0.15) is 36.7 Å². The number of ether oxygens (including phenoxy) is 3. The predicted octanol–water partition coefficient (Wildman–Crippen LogP) is 4.62. The molecule has 1 saturated heterocycles. The Labute approximate surface area is 216 Å². The Morgan fingerprint density at radius 2 is 1.56 bits per heavy atom. The number of piperazine rings is 1. The minimum Gasteiger partial charge on any atom is -0.490 e. The molecule has 36 heavy (non-hydrogen) atoms. The normalized spacial score (nSPS) is 13.4. The summed E-state index contributed by atoms with van der Waals surface area (Å²) in [5, 5.41) is 12.6. The second-order valence-electron chi connectivity index (χ2n) is 8.26. The van der Waals surface area contributed by atoms with Gasteiger partial charge in [0, 0.05) is 37.4 Å². The molecule has 1 amide bonds. The number of carbonyl (C=O) groups excluding carboxylic acids is 1. The van der Waals surface area contributed by atoms with Crippen molar-refractivity contribution in [1.29, 1.82) is 0 Å². The van der Waals surface area contributed by atoms with E-state index in [-0.39, 0.29) is 5.91 Å². The molecule has 0 spiro atoms. The molecule has 1 fully saturated rings. The van der Waals surface area contributed by atoms with E-state index in [1.165, 1.54) is 22.6 Å². The lowest BCUT2D eigenvalue weighted by Gasteiger charge is -2.35. The van der Waals surface area contributed by atoms with Gasteiger partial charge in [-0.2, -0.15) is 0 Å². The SMILES string of the molecule is CCOc1cc(C(=O)Nc2nnc(N3CCN(c4cccc(C)c4)CC3)s2)cc(OCC)c1OCC. The van der Waals surface area contributed by atoms with Crippen molar-refractivity contribution in [3.05, 3.63) is 47.5 Å². The molecule has 0 bridgehead atoms. The van der Waals surface area contributed by atoms with E-state index in [2.05, 4.69) is 56.5 Å². The number of rotatable bonds is 10. The fourth-order valence-electron chi connectivity index (χ4n) is 4.06. The molecule has 9 nitrogen and oxygen atoms in total. The molecule has 0 atom stereocenters. The highest BCUT2D eigenvalue weighted by molar-refractivity contribution is 7.19. The molecule has 3 aromatic rings. The van der Waals surface area contributed by atoms with Crippen LogP contribution in [0.3, 0.4) is 0 Å². The molecule has 192 valence electrons. The third kappa shape index (κ3) is 5.99. The van der Waals surface area contributed by atoms with Crippen molar-refractivity contribution in [1.82, 2.24) is 10.2 Å². The first kappa shape index (κ1) is 25.6. The van der Waals surface area contributed by atoms with E-state index >= 15 is 0 Å². The zero-order chi connectivity index (χ0) is 25.5. The second kappa shape index (κ2) is 11.9. The van der Waals surface area contributed by atoms with Crippen LogP contribution >= 0.6 is 11.3 Å². The molecular weight excluding hydrogens is 478 g/mol. The first-order valence-corrected chi connectivity index (χ1v) is 13.1. The molecule has 0 saturated carbocycles. The molecule has 2 heterocycles. The molecular formula is C26H33N5O4S. The number of aromatic nitrogens is 2. The van der Waals surface area contributed by atoms with Gasteiger partial charge in [0.25, 0.3) is 5.91 Å². The molecule has 0 radical (unpaired) electrons. The maximum absolute atomic E-state index is 13.1. The molecule has 4 rings (SSSR count). The minimum atomic E-state index is -0.313. The van der Waals surface area contributed by atoms with Crippen LogP contribution in [0.5, 0.6) is 17.2 Å². The maximum atomic E-state index is 13.1. The summed E-state index contributed by atoms with van der Waals surface area (Å²) >= 11 is 1.37. The summed E-state index contributed by atoms with van der Waals surface area (Å²) in [5.74, 6) is 1.13. The summed E-state index contributed by atoms with van der Waals surface area (Å²) in [6.45, 7) is 12.6. The van der Waals surface area contributed by atoms with Crippen molar-refractivity contribution in [2.75, 3.05) is 61.1 Å². The lowest BCUT2D eigenvalue weighted by atomic mass is 10.1. The second-order valence-corrected chi connectivity index (χ2v) is 9.21. The van der Waals surface area contributed by atoms with Gasteiger partial charge < -0.3 is 24.0 Å². The molecule has 10 heteroatoms. The minimum absolute atomic E-state index is 0.313. The third-order valence-corrected chi connectivity index (χ3v) is 6.62. The number of nitrogens with one attached hydrogen (secondary N) is 1. The molecule has 1 aliphatic rings. The van der Waals surface area contributed by atoms with Gasteiger partial charge in [-0.3, -0.25) is 10.1 Å². The van der Waals surface area contributed by atoms with E-state index in [0.717, 1.165) is 31.3 Å². The first-order chi connectivity index (χ1) is 17.5. The number of hydrogen-bond donors (Lipinski definition) is 1. The number of amides is 1. The predicted molar refractivity (Wildman–Crippen MR) is 143 cm³/mol. The first-order valence-electron chi connectivity index (χ1n) is 12.3. The van der Waals surface area contributed by atoms with Crippen LogP contribution < -0.4 is 29.3 Å². The summed E-state index contributed by atoms with van der Waals surface area (Å²) in [6.07, 6.45) is 0. The highest BCUT2D eigenvalue weighted by Gasteiger charge is 2.22. The van der Waals surface area contributed by atoms with E-state index in [1.807, 2.05) is 20.8 Å². The number of carbonyl (C=O) groups is 1.